The van der Waals surface area contributed by atoms with Gasteiger partial charge in [0.1, 0.15) is 0 Å². The van der Waals surface area contributed by atoms with E-state index in [-0.39, 0.29) is 11.0 Å². The van der Waals surface area contributed by atoms with Crippen molar-refractivity contribution < 1.29 is 0 Å². The van der Waals surface area contributed by atoms with Crippen molar-refractivity contribution in [2.45, 2.75) is 33.6 Å². The van der Waals surface area contributed by atoms with Gasteiger partial charge in [-0.2, -0.15) is 0 Å². The monoisotopic (exact) mass is 179 g/mol. The molecular weight excluding hydrogens is 162 g/mol. The zero-order valence-electron chi connectivity index (χ0n) is 8.72. The van der Waals surface area contributed by atoms with Crippen molar-refractivity contribution in [1.29, 1.82) is 0 Å². The molecule has 1 unspecified atom stereocenters. The Morgan fingerprint density at radius 1 is 1.31 bits per heavy atom. The van der Waals surface area contributed by atoms with Crippen LogP contribution < -0.4 is 5.56 Å². The molecule has 0 aromatic carbocycles. The Morgan fingerprint density at radius 3 is 2.31 bits per heavy atom. The van der Waals surface area contributed by atoms with E-state index in [4.69, 9.17) is 0 Å². The Hall–Kier alpha value is -1.05. The van der Waals surface area contributed by atoms with Gasteiger partial charge in [0.2, 0.25) is 5.56 Å². The number of hydrogen-bond donors (Lipinski definition) is 1. The predicted molar refractivity (Wildman–Crippen MR) is 54.9 cm³/mol. The molecule has 0 saturated carbocycles. The third-order valence-corrected chi connectivity index (χ3v) is 2.61. The molecule has 0 aliphatic carbocycles. The molecule has 2 nitrogen and oxygen atoms in total. The van der Waals surface area contributed by atoms with Gasteiger partial charge in [-0.3, -0.25) is 4.79 Å². The first-order valence-electron chi connectivity index (χ1n) is 4.60. The van der Waals surface area contributed by atoms with E-state index < -0.39 is 0 Å². The quantitative estimate of drug-likeness (QED) is 0.706. The van der Waals surface area contributed by atoms with Crippen molar-refractivity contribution in [1.82, 2.24) is 4.98 Å². The van der Waals surface area contributed by atoms with Crippen LogP contribution in [0.4, 0.5) is 0 Å². The number of aromatic nitrogens is 1. The van der Waals surface area contributed by atoms with Crippen molar-refractivity contribution in [2.75, 3.05) is 0 Å². The molecule has 0 saturated heterocycles. The minimum absolute atomic E-state index is 0.0372. The fourth-order valence-corrected chi connectivity index (χ4v) is 1.19. The minimum atomic E-state index is -0.0372. The van der Waals surface area contributed by atoms with E-state index >= 15 is 0 Å². The van der Waals surface area contributed by atoms with Gasteiger partial charge >= 0.3 is 0 Å². The maximum Gasteiger partial charge on any atom is 0.247 e. The molecule has 13 heavy (non-hydrogen) atoms. The standard InChI is InChI=1S/C11H17NO/c1-8(11(2,3)4)9-5-6-10(13)12-7-9/h5-8H,1-4H3,(H,12,13). The summed E-state index contributed by atoms with van der Waals surface area (Å²) in [6, 6.07) is 3.48. The molecule has 0 radical (unpaired) electrons. The Balaban J connectivity index is 2.96. The summed E-state index contributed by atoms with van der Waals surface area (Å²) < 4.78 is 0. The third-order valence-electron chi connectivity index (χ3n) is 2.61. The normalized spacial score (nSPS) is 14.2. The number of rotatable bonds is 1. The minimum Gasteiger partial charge on any atom is -0.329 e. The highest BCUT2D eigenvalue weighted by atomic mass is 16.1. The van der Waals surface area contributed by atoms with Crippen molar-refractivity contribution in [3.63, 3.8) is 0 Å². The van der Waals surface area contributed by atoms with E-state index in [0.717, 1.165) is 0 Å². The first kappa shape index (κ1) is 10.0. The second-order valence-corrected chi connectivity index (χ2v) is 4.57. The van der Waals surface area contributed by atoms with Gasteiger partial charge in [-0.25, -0.2) is 0 Å². The highest BCUT2D eigenvalue weighted by Crippen LogP contribution is 2.33. The SMILES string of the molecule is CC(c1ccc(=O)[nH]c1)C(C)(C)C. The Morgan fingerprint density at radius 2 is 1.92 bits per heavy atom. The topological polar surface area (TPSA) is 32.9 Å². The van der Waals surface area contributed by atoms with Crippen LogP contribution in [0.15, 0.2) is 23.1 Å². The second-order valence-electron chi connectivity index (χ2n) is 4.57. The zero-order chi connectivity index (χ0) is 10.1. The highest BCUT2D eigenvalue weighted by molar-refractivity contribution is 5.15. The summed E-state index contributed by atoms with van der Waals surface area (Å²) in [5.41, 5.74) is 1.38. The average Bonchev–Trinajstić information content (AvgIpc) is 2.03. The molecule has 0 aliphatic heterocycles. The lowest BCUT2D eigenvalue weighted by molar-refractivity contribution is 0.339. The first-order valence-corrected chi connectivity index (χ1v) is 4.60. The smallest absolute Gasteiger partial charge is 0.247 e. The molecule has 72 valence electrons. The summed E-state index contributed by atoms with van der Waals surface area (Å²) in [6.45, 7) is 8.77. The summed E-state index contributed by atoms with van der Waals surface area (Å²) in [5.74, 6) is 0.448. The molecule has 2 heteroatoms. The summed E-state index contributed by atoms with van der Waals surface area (Å²) in [7, 11) is 0. The van der Waals surface area contributed by atoms with Crippen molar-refractivity contribution in [3.8, 4) is 0 Å². The van der Waals surface area contributed by atoms with Crippen LogP contribution in [0.2, 0.25) is 0 Å². The van der Waals surface area contributed by atoms with Crippen LogP contribution >= 0.6 is 0 Å². The zero-order valence-corrected chi connectivity index (χ0v) is 8.72. The average molecular weight is 179 g/mol. The molecule has 1 heterocycles. The van der Waals surface area contributed by atoms with Crippen LogP contribution in [0.1, 0.15) is 39.2 Å². The molecule has 0 bridgehead atoms. The predicted octanol–water partition coefficient (Wildman–Crippen LogP) is 2.52. The second kappa shape index (κ2) is 3.36. The van der Waals surface area contributed by atoms with Gasteiger partial charge in [0.05, 0.1) is 0 Å². The molecule has 1 rings (SSSR count). The summed E-state index contributed by atoms with van der Waals surface area (Å²) in [4.78, 5) is 13.5. The molecule has 0 spiro atoms. The largest absolute Gasteiger partial charge is 0.329 e. The number of H-pyrrole nitrogens is 1. The number of pyridine rings is 1. The van der Waals surface area contributed by atoms with Crippen LogP contribution in [-0.4, -0.2) is 4.98 Å². The maximum atomic E-state index is 10.8. The van der Waals surface area contributed by atoms with Crippen LogP contribution in [0.25, 0.3) is 0 Å². The van der Waals surface area contributed by atoms with Crippen molar-refractivity contribution in [3.05, 3.63) is 34.2 Å². The molecule has 0 amide bonds. The van der Waals surface area contributed by atoms with Crippen LogP contribution in [-0.2, 0) is 0 Å². The maximum absolute atomic E-state index is 10.8. The van der Waals surface area contributed by atoms with Gasteiger partial charge < -0.3 is 4.98 Å². The molecule has 1 atom stereocenters. The van der Waals surface area contributed by atoms with E-state index in [0.29, 0.717) is 5.92 Å². The fourth-order valence-electron chi connectivity index (χ4n) is 1.19. The summed E-state index contributed by atoms with van der Waals surface area (Å²) in [5, 5.41) is 0. The van der Waals surface area contributed by atoms with Gasteiger partial charge in [-0.05, 0) is 16.9 Å². The van der Waals surface area contributed by atoms with Crippen LogP contribution in [0.3, 0.4) is 0 Å². The van der Waals surface area contributed by atoms with Gasteiger partial charge in [-0.1, -0.05) is 33.8 Å². The lowest BCUT2D eigenvalue weighted by atomic mass is 9.78. The number of nitrogens with one attached hydrogen (secondary N) is 1. The Bertz CT molecular complexity index is 312. The fraction of sp³-hybridized carbons (Fsp3) is 0.545. The first-order chi connectivity index (χ1) is 5.91. The van der Waals surface area contributed by atoms with Crippen molar-refractivity contribution in [2.24, 2.45) is 5.41 Å². The summed E-state index contributed by atoms with van der Waals surface area (Å²) >= 11 is 0. The van der Waals surface area contributed by atoms with E-state index in [1.165, 1.54) is 5.56 Å². The number of aromatic amines is 1. The Kier molecular flexibility index (Phi) is 2.60. The third kappa shape index (κ3) is 2.44. The van der Waals surface area contributed by atoms with Gasteiger partial charge in [0, 0.05) is 12.3 Å². The van der Waals surface area contributed by atoms with Crippen LogP contribution in [0.5, 0.6) is 0 Å². The Labute approximate surface area is 79.0 Å². The highest BCUT2D eigenvalue weighted by Gasteiger charge is 2.21. The number of hydrogen-bond acceptors (Lipinski definition) is 1. The lowest BCUT2D eigenvalue weighted by Gasteiger charge is -2.27. The summed E-state index contributed by atoms with van der Waals surface area (Å²) in [6.07, 6.45) is 1.80. The van der Waals surface area contributed by atoms with Crippen molar-refractivity contribution >= 4 is 0 Å². The molecule has 1 aromatic heterocycles. The van der Waals surface area contributed by atoms with Gasteiger partial charge in [0.25, 0.3) is 0 Å². The molecule has 0 fully saturated rings. The molecule has 1 aromatic rings. The van der Waals surface area contributed by atoms with E-state index in [9.17, 15) is 4.79 Å². The van der Waals surface area contributed by atoms with Crippen LogP contribution in [0, 0.1) is 5.41 Å². The molecule has 1 N–H and O–H groups in total. The molecular formula is C11H17NO. The van der Waals surface area contributed by atoms with Gasteiger partial charge in [0.15, 0.2) is 0 Å². The van der Waals surface area contributed by atoms with E-state index in [1.807, 2.05) is 6.07 Å². The van der Waals surface area contributed by atoms with E-state index in [1.54, 1.807) is 12.3 Å². The van der Waals surface area contributed by atoms with Gasteiger partial charge in [-0.15, -0.1) is 0 Å². The van der Waals surface area contributed by atoms with E-state index in [2.05, 4.69) is 32.7 Å². The molecule has 0 aliphatic rings. The lowest BCUT2D eigenvalue weighted by Crippen LogP contribution is -2.16.